The van der Waals surface area contributed by atoms with E-state index < -0.39 is 0 Å². The number of aryl methyl sites for hydroxylation is 1. The molecule has 1 fully saturated rings. The van der Waals surface area contributed by atoms with E-state index in [9.17, 15) is 5.26 Å². The molecule has 0 aromatic carbocycles. The number of hydrogen-bond acceptors (Lipinski definition) is 4. The molecule has 4 heteroatoms. The maximum Gasteiger partial charge on any atom is 0.107 e. The second-order valence-electron chi connectivity index (χ2n) is 4.74. The van der Waals surface area contributed by atoms with Crippen LogP contribution >= 0.6 is 11.3 Å². The first-order valence-electron chi connectivity index (χ1n) is 6.33. The minimum absolute atomic E-state index is 0.179. The van der Waals surface area contributed by atoms with E-state index in [2.05, 4.69) is 21.8 Å². The molecule has 1 N–H and O–H groups in total. The molecule has 1 heterocycles. The average Bonchev–Trinajstić information content (AvgIpc) is 2.63. The van der Waals surface area contributed by atoms with Gasteiger partial charge >= 0.3 is 0 Å². The molecule has 1 aromatic heterocycles. The normalized spacial score (nSPS) is 25.2. The van der Waals surface area contributed by atoms with Gasteiger partial charge in [0.1, 0.15) is 5.01 Å². The van der Waals surface area contributed by atoms with Crippen molar-refractivity contribution in [2.75, 3.05) is 0 Å². The summed E-state index contributed by atoms with van der Waals surface area (Å²) in [6.07, 6.45) is 5.89. The number of nitrogens with one attached hydrogen (secondary N) is 1. The largest absolute Gasteiger partial charge is 0.306 e. The SMILES string of the molecule is Cc1csc(CNC2CCCCCC2C#N)n1. The van der Waals surface area contributed by atoms with E-state index in [0.717, 1.165) is 30.1 Å². The van der Waals surface area contributed by atoms with E-state index in [4.69, 9.17) is 0 Å². The third-order valence-electron chi connectivity index (χ3n) is 3.36. The minimum atomic E-state index is 0.179. The van der Waals surface area contributed by atoms with Crippen LogP contribution in [0.5, 0.6) is 0 Å². The smallest absolute Gasteiger partial charge is 0.107 e. The lowest BCUT2D eigenvalue weighted by atomic mass is 9.96. The number of hydrogen-bond donors (Lipinski definition) is 1. The van der Waals surface area contributed by atoms with Crippen LogP contribution in [0.15, 0.2) is 5.38 Å². The van der Waals surface area contributed by atoms with Gasteiger partial charge in [0.2, 0.25) is 0 Å². The standard InChI is InChI=1S/C13H19N3S/c1-10-9-17-13(16-10)8-15-12-6-4-2-3-5-11(12)7-14/h9,11-12,15H,2-6,8H2,1H3. The van der Waals surface area contributed by atoms with Crippen LogP contribution in [0.1, 0.15) is 42.8 Å². The van der Waals surface area contributed by atoms with Gasteiger partial charge in [0.05, 0.1) is 12.0 Å². The van der Waals surface area contributed by atoms with Gasteiger partial charge in [0, 0.05) is 23.7 Å². The first-order chi connectivity index (χ1) is 8.29. The lowest BCUT2D eigenvalue weighted by molar-refractivity contribution is 0.393. The van der Waals surface area contributed by atoms with E-state index in [1.165, 1.54) is 19.3 Å². The molecule has 2 atom stereocenters. The predicted molar refractivity (Wildman–Crippen MR) is 69.7 cm³/mol. The highest BCUT2D eigenvalue weighted by molar-refractivity contribution is 7.09. The number of thiazole rings is 1. The van der Waals surface area contributed by atoms with Gasteiger partial charge in [0.25, 0.3) is 0 Å². The highest BCUT2D eigenvalue weighted by Gasteiger charge is 2.22. The Hall–Kier alpha value is -0.920. The van der Waals surface area contributed by atoms with Crippen molar-refractivity contribution < 1.29 is 0 Å². The molecule has 0 bridgehead atoms. The highest BCUT2D eigenvalue weighted by Crippen LogP contribution is 2.23. The number of nitrogens with zero attached hydrogens (tertiary/aromatic N) is 2. The van der Waals surface area contributed by atoms with Crippen molar-refractivity contribution in [3.05, 3.63) is 16.1 Å². The molecule has 92 valence electrons. The fourth-order valence-corrected chi connectivity index (χ4v) is 3.13. The van der Waals surface area contributed by atoms with E-state index in [0.29, 0.717) is 6.04 Å². The lowest BCUT2D eigenvalue weighted by Crippen LogP contribution is -2.34. The number of rotatable bonds is 3. The van der Waals surface area contributed by atoms with Gasteiger partial charge in [-0.05, 0) is 19.8 Å². The van der Waals surface area contributed by atoms with Crippen molar-refractivity contribution in [1.82, 2.24) is 10.3 Å². The summed E-state index contributed by atoms with van der Waals surface area (Å²) < 4.78 is 0. The second-order valence-corrected chi connectivity index (χ2v) is 5.69. The number of aromatic nitrogens is 1. The molecular formula is C13H19N3S. The molecule has 17 heavy (non-hydrogen) atoms. The van der Waals surface area contributed by atoms with E-state index >= 15 is 0 Å². The van der Waals surface area contributed by atoms with Gasteiger partial charge in [-0.15, -0.1) is 11.3 Å². The molecule has 1 aliphatic carbocycles. The molecule has 0 amide bonds. The zero-order valence-electron chi connectivity index (χ0n) is 10.3. The molecule has 0 saturated heterocycles. The van der Waals surface area contributed by atoms with Gasteiger partial charge < -0.3 is 5.32 Å². The maximum absolute atomic E-state index is 9.18. The highest BCUT2D eigenvalue weighted by atomic mass is 32.1. The molecular weight excluding hydrogens is 230 g/mol. The Morgan fingerprint density at radius 3 is 3.00 bits per heavy atom. The van der Waals surface area contributed by atoms with Gasteiger partial charge in [-0.2, -0.15) is 5.26 Å². The van der Waals surface area contributed by atoms with Gasteiger partial charge in [-0.25, -0.2) is 4.98 Å². The van der Waals surface area contributed by atoms with Crippen LogP contribution in [0, 0.1) is 24.2 Å². The average molecular weight is 249 g/mol. The first-order valence-corrected chi connectivity index (χ1v) is 7.21. The van der Waals surface area contributed by atoms with E-state index in [1.54, 1.807) is 11.3 Å². The molecule has 3 nitrogen and oxygen atoms in total. The summed E-state index contributed by atoms with van der Waals surface area (Å²) >= 11 is 1.70. The van der Waals surface area contributed by atoms with Crippen LogP contribution in [0.4, 0.5) is 0 Å². The molecule has 1 saturated carbocycles. The Morgan fingerprint density at radius 1 is 1.47 bits per heavy atom. The molecule has 0 spiro atoms. The van der Waals surface area contributed by atoms with Crippen LogP contribution in [0.25, 0.3) is 0 Å². The molecule has 1 aromatic rings. The van der Waals surface area contributed by atoms with Crippen LogP contribution in [-0.4, -0.2) is 11.0 Å². The van der Waals surface area contributed by atoms with Crippen molar-refractivity contribution >= 4 is 11.3 Å². The van der Waals surface area contributed by atoms with Crippen molar-refractivity contribution in [2.24, 2.45) is 5.92 Å². The summed E-state index contributed by atoms with van der Waals surface area (Å²) in [4.78, 5) is 4.44. The van der Waals surface area contributed by atoms with Gasteiger partial charge in [0.15, 0.2) is 0 Å². The Kier molecular flexibility index (Phi) is 4.52. The Labute approximate surface area is 107 Å². The van der Waals surface area contributed by atoms with Crippen molar-refractivity contribution in [3.63, 3.8) is 0 Å². The lowest BCUT2D eigenvalue weighted by Gasteiger charge is -2.20. The molecule has 2 rings (SSSR count). The Morgan fingerprint density at radius 2 is 2.29 bits per heavy atom. The third kappa shape index (κ3) is 3.52. The van der Waals surface area contributed by atoms with Crippen LogP contribution in [0.2, 0.25) is 0 Å². The van der Waals surface area contributed by atoms with E-state index in [1.807, 2.05) is 6.92 Å². The van der Waals surface area contributed by atoms with Gasteiger partial charge in [-0.3, -0.25) is 0 Å². The molecule has 0 radical (unpaired) electrons. The fraction of sp³-hybridized carbons (Fsp3) is 0.692. The van der Waals surface area contributed by atoms with E-state index in [-0.39, 0.29) is 5.92 Å². The number of nitriles is 1. The summed E-state index contributed by atoms with van der Waals surface area (Å²) in [5.41, 5.74) is 1.09. The molecule has 1 aliphatic rings. The zero-order valence-corrected chi connectivity index (χ0v) is 11.1. The van der Waals surface area contributed by atoms with Crippen molar-refractivity contribution in [1.29, 1.82) is 5.26 Å². The van der Waals surface area contributed by atoms with Crippen LogP contribution < -0.4 is 5.32 Å². The first kappa shape index (κ1) is 12.5. The molecule has 2 unspecified atom stereocenters. The fourth-order valence-electron chi connectivity index (χ4n) is 2.41. The predicted octanol–water partition coefficient (Wildman–Crippen LogP) is 3.01. The monoisotopic (exact) mass is 249 g/mol. The van der Waals surface area contributed by atoms with Crippen molar-refractivity contribution in [3.8, 4) is 6.07 Å². The Balaban J connectivity index is 1.90. The quantitative estimate of drug-likeness (QED) is 0.838. The summed E-state index contributed by atoms with van der Waals surface area (Å²) in [7, 11) is 0. The molecule has 0 aliphatic heterocycles. The summed E-state index contributed by atoms with van der Waals surface area (Å²) in [6, 6.07) is 2.81. The zero-order chi connectivity index (χ0) is 12.1. The Bertz CT molecular complexity index is 394. The van der Waals surface area contributed by atoms with Crippen LogP contribution in [0.3, 0.4) is 0 Å². The minimum Gasteiger partial charge on any atom is -0.306 e. The second kappa shape index (κ2) is 6.13. The summed E-state index contributed by atoms with van der Waals surface area (Å²) in [5, 5.41) is 15.9. The summed E-state index contributed by atoms with van der Waals surface area (Å²) in [5.74, 6) is 0.179. The topological polar surface area (TPSA) is 48.7 Å². The van der Waals surface area contributed by atoms with Crippen LogP contribution in [-0.2, 0) is 6.54 Å². The summed E-state index contributed by atoms with van der Waals surface area (Å²) in [6.45, 7) is 2.82. The maximum atomic E-state index is 9.18. The third-order valence-corrected chi connectivity index (χ3v) is 4.33. The van der Waals surface area contributed by atoms with Crippen molar-refractivity contribution in [2.45, 2.75) is 51.6 Å². The van der Waals surface area contributed by atoms with Gasteiger partial charge in [-0.1, -0.05) is 19.3 Å².